The molecule has 0 radical (unpaired) electrons. The summed E-state index contributed by atoms with van der Waals surface area (Å²) in [6.07, 6.45) is 0.321. The highest BCUT2D eigenvalue weighted by molar-refractivity contribution is 6.60. The summed E-state index contributed by atoms with van der Waals surface area (Å²) in [5.74, 6) is 0. The number of hydrogen-bond acceptors (Lipinski definition) is 6. The molecule has 0 bridgehead atoms. The van der Waals surface area contributed by atoms with Gasteiger partial charge in [-0.15, -0.1) is 0 Å². The van der Waals surface area contributed by atoms with Crippen LogP contribution in [0, 0.1) is 10.1 Å². The van der Waals surface area contributed by atoms with Crippen molar-refractivity contribution in [1.82, 2.24) is 0 Å². The molecule has 0 saturated carbocycles. The highest BCUT2D eigenvalue weighted by atomic mass is 16.6. The van der Waals surface area contributed by atoms with Crippen molar-refractivity contribution in [3.05, 3.63) is 33.9 Å². The molecule has 2 N–H and O–H groups in total. The van der Waals surface area contributed by atoms with Crippen LogP contribution in [0.25, 0.3) is 0 Å². The number of ether oxygens (including phenoxy) is 1. The number of nitro groups is 1. The van der Waals surface area contributed by atoms with E-state index in [1.807, 2.05) is 0 Å². The second-order valence-corrected chi connectivity index (χ2v) is 3.24. The average molecular weight is 239 g/mol. The molecule has 1 aromatic rings. The van der Waals surface area contributed by atoms with Gasteiger partial charge in [0.05, 0.1) is 17.0 Å². The second kappa shape index (κ2) is 5.97. The van der Waals surface area contributed by atoms with E-state index in [4.69, 9.17) is 10.0 Å². The second-order valence-electron chi connectivity index (χ2n) is 3.24. The topological polar surface area (TPSA) is 110 Å². The maximum absolute atomic E-state index is 10.7. The number of rotatable bonds is 6. The zero-order chi connectivity index (χ0) is 12.8. The zero-order valence-electron chi connectivity index (χ0n) is 8.78. The van der Waals surface area contributed by atoms with Crippen molar-refractivity contribution in [3.8, 4) is 0 Å². The molecule has 17 heavy (non-hydrogen) atoms. The molecule has 0 amide bonds. The van der Waals surface area contributed by atoms with Crippen LogP contribution in [0.1, 0.15) is 5.56 Å². The van der Waals surface area contributed by atoms with E-state index in [2.05, 4.69) is 4.74 Å². The molecule has 0 atom stereocenters. The Morgan fingerprint density at radius 3 is 2.71 bits per heavy atom. The minimum atomic E-state index is -1.89. The number of hydrogen-bond donors (Lipinski definition) is 2. The van der Waals surface area contributed by atoms with Gasteiger partial charge in [-0.05, 0) is 5.56 Å². The summed E-state index contributed by atoms with van der Waals surface area (Å²) in [7, 11) is -1.89. The number of benzene rings is 1. The van der Waals surface area contributed by atoms with Gasteiger partial charge in [0.15, 0.2) is 0 Å². The smallest absolute Gasteiger partial charge is 0.468 e. The predicted molar refractivity (Wildman–Crippen MR) is 58.6 cm³/mol. The van der Waals surface area contributed by atoms with Crippen molar-refractivity contribution in [1.29, 1.82) is 0 Å². The molecule has 0 aliphatic carbocycles. The molecule has 0 heterocycles. The van der Waals surface area contributed by atoms with E-state index in [1.54, 1.807) is 0 Å². The monoisotopic (exact) mass is 239 g/mol. The Labute approximate surface area is 96.9 Å². The van der Waals surface area contributed by atoms with Crippen LogP contribution in [-0.2, 0) is 16.0 Å². The van der Waals surface area contributed by atoms with Crippen molar-refractivity contribution < 1.29 is 24.5 Å². The van der Waals surface area contributed by atoms with E-state index in [-0.39, 0.29) is 17.8 Å². The number of carbonyl (C=O) groups excluding carboxylic acids is 1. The Hall–Kier alpha value is -1.93. The van der Waals surface area contributed by atoms with Gasteiger partial charge in [0.1, 0.15) is 0 Å². The fourth-order valence-corrected chi connectivity index (χ4v) is 1.35. The Bertz CT molecular complexity index is 422. The molecule has 8 heteroatoms. The van der Waals surface area contributed by atoms with E-state index in [0.29, 0.717) is 18.5 Å². The first-order valence-electron chi connectivity index (χ1n) is 4.75. The number of nitro benzene ring substituents is 1. The van der Waals surface area contributed by atoms with Gasteiger partial charge in [-0.1, -0.05) is 12.1 Å². The molecule has 0 fully saturated rings. The fraction of sp³-hybridized carbons (Fsp3) is 0.222. The van der Waals surface area contributed by atoms with E-state index in [1.165, 1.54) is 18.2 Å². The summed E-state index contributed by atoms with van der Waals surface area (Å²) >= 11 is 0. The third-order valence-corrected chi connectivity index (χ3v) is 2.15. The van der Waals surface area contributed by atoms with Crippen molar-refractivity contribution in [2.24, 2.45) is 0 Å². The quantitative estimate of drug-likeness (QED) is 0.216. The largest absolute Gasteiger partial charge is 0.495 e. The van der Waals surface area contributed by atoms with Crippen LogP contribution in [0.4, 0.5) is 5.69 Å². The number of carbonyl (C=O) groups is 1. The van der Waals surface area contributed by atoms with Crippen molar-refractivity contribution in [3.63, 3.8) is 0 Å². The van der Waals surface area contributed by atoms with Gasteiger partial charge >= 0.3 is 7.12 Å². The Kier molecular flexibility index (Phi) is 4.62. The Balaban J connectivity index is 2.93. The van der Waals surface area contributed by atoms with E-state index < -0.39 is 12.0 Å². The van der Waals surface area contributed by atoms with Crippen molar-refractivity contribution in [2.75, 3.05) is 6.61 Å². The van der Waals surface area contributed by atoms with Crippen LogP contribution in [0.2, 0.25) is 0 Å². The first-order chi connectivity index (χ1) is 8.06. The van der Waals surface area contributed by atoms with E-state index >= 15 is 0 Å². The standard InChI is InChI=1S/C9H10BNO6/c12-6-17-4-3-7-1-2-8(10(13)14)9(5-7)11(15)16/h1-2,5-6,13-14H,3-4H2. The normalized spacial score (nSPS) is 9.76. The first kappa shape index (κ1) is 13.1. The summed E-state index contributed by atoms with van der Waals surface area (Å²) in [5.41, 5.74) is 0.0293. The van der Waals surface area contributed by atoms with Crippen LogP contribution < -0.4 is 5.46 Å². The van der Waals surface area contributed by atoms with E-state index in [0.717, 1.165) is 0 Å². The molecule has 0 unspecified atom stereocenters. The van der Waals surface area contributed by atoms with Crippen LogP contribution in [0.3, 0.4) is 0 Å². The molecule has 1 aromatic carbocycles. The van der Waals surface area contributed by atoms with Gasteiger partial charge in [0, 0.05) is 12.5 Å². The molecule has 0 aliphatic heterocycles. The Morgan fingerprint density at radius 1 is 1.47 bits per heavy atom. The zero-order valence-corrected chi connectivity index (χ0v) is 8.78. The SMILES string of the molecule is O=COCCc1ccc(B(O)O)c([N+](=O)[O-])c1. The number of nitrogens with zero attached hydrogens (tertiary/aromatic N) is 1. The third-order valence-electron chi connectivity index (χ3n) is 2.15. The van der Waals surface area contributed by atoms with Crippen LogP contribution in [0.15, 0.2) is 18.2 Å². The van der Waals surface area contributed by atoms with Gasteiger partial charge in [0.25, 0.3) is 12.2 Å². The molecule has 90 valence electrons. The maximum atomic E-state index is 10.7. The van der Waals surface area contributed by atoms with E-state index in [9.17, 15) is 14.9 Å². The molecule has 1 rings (SSSR count). The first-order valence-corrected chi connectivity index (χ1v) is 4.75. The molecule has 0 saturated heterocycles. The lowest BCUT2D eigenvalue weighted by Gasteiger charge is -2.04. The summed E-state index contributed by atoms with van der Waals surface area (Å²) in [6, 6.07) is 4.00. The van der Waals surface area contributed by atoms with Crippen molar-refractivity contribution in [2.45, 2.75) is 6.42 Å². The lowest BCUT2D eigenvalue weighted by molar-refractivity contribution is -0.383. The summed E-state index contributed by atoms with van der Waals surface area (Å²) < 4.78 is 4.47. The lowest BCUT2D eigenvalue weighted by atomic mass is 9.78. The van der Waals surface area contributed by atoms with Gasteiger partial charge in [-0.3, -0.25) is 14.9 Å². The maximum Gasteiger partial charge on any atom is 0.495 e. The Morgan fingerprint density at radius 2 is 2.18 bits per heavy atom. The van der Waals surface area contributed by atoms with Crippen LogP contribution in [0.5, 0.6) is 0 Å². The highest BCUT2D eigenvalue weighted by Gasteiger charge is 2.23. The van der Waals surface area contributed by atoms with Crippen LogP contribution >= 0.6 is 0 Å². The molecule has 0 aliphatic rings. The van der Waals surface area contributed by atoms with Crippen molar-refractivity contribution >= 4 is 24.7 Å². The predicted octanol–water partition coefficient (Wildman–Crippen LogP) is -1.01. The highest BCUT2D eigenvalue weighted by Crippen LogP contribution is 2.12. The van der Waals surface area contributed by atoms with Gasteiger partial charge in [0.2, 0.25) is 0 Å². The summed E-state index contributed by atoms with van der Waals surface area (Å²) in [4.78, 5) is 19.9. The van der Waals surface area contributed by atoms with Gasteiger partial charge < -0.3 is 14.8 Å². The summed E-state index contributed by atoms with van der Waals surface area (Å²) in [6.45, 7) is 0.405. The molecule has 0 aromatic heterocycles. The fourth-order valence-electron chi connectivity index (χ4n) is 1.35. The molecule has 0 spiro atoms. The minimum absolute atomic E-state index is 0.113. The van der Waals surface area contributed by atoms with Gasteiger partial charge in [-0.25, -0.2) is 0 Å². The lowest BCUT2D eigenvalue weighted by Crippen LogP contribution is -2.32. The minimum Gasteiger partial charge on any atom is -0.468 e. The van der Waals surface area contributed by atoms with Crippen LogP contribution in [-0.4, -0.2) is 35.2 Å². The van der Waals surface area contributed by atoms with Gasteiger partial charge in [-0.2, -0.15) is 0 Å². The molecular weight excluding hydrogens is 229 g/mol. The molecule has 7 nitrogen and oxygen atoms in total. The summed E-state index contributed by atoms with van der Waals surface area (Å²) in [5, 5.41) is 28.6. The average Bonchev–Trinajstić information content (AvgIpc) is 2.29. The third kappa shape index (κ3) is 3.54. The molecular formula is C9H10BNO6.